The number of nitrogens with zero attached hydrogens (tertiary/aromatic N) is 1. The van der Waals surface area contributed by atoms with Gasteiger partial charge in [0.15, 0.2) is 0 Å². The summed E-state index contributed by atoms with van der Waals surface area (Å²) in [7, 11) is 0. The van der Waals surface area contributed by atoms with Gasteiger partial charge in [-0.05, 0) is 41.8 Å². The van der Waals surface area contributed by atoms with Crippen LogP contribution < -0.4 is 10.6 Å². The second-order valence-electron chi connectivity index (χ2n) is 5.12. The van der Waals surface area contributed by atoms with E-state index in [0.29, 0.717) is 0 Å². The van der Waals surface area contributed by atoms with Crippen LogP contribution in [0.1, 0.15) is 29.7 Å². The summed E-state index contributed by atoms with van der Waals surface area (Å²) < 4.78 is 13.4. The third-order valence-electron chi connectivity index (χ3n) is 3.66. The molecule has 1 heterocycles. The number of anilines is 1. The monoisotopic (exact) mass is 256 g/mol. The maximum absolute atomic E-state index is 13.4. The van der Waals surface area contributed by atoms with Crippen LogP contribution in [0.25, 0.3) is 0 Å². The van der Waals surface area contributed by atoms with Gasteiger partial charge in [0.2, 0.25) is 0 Å². The smallest absolute Gasteiger partial charge is 0.123 e. The van der Waals surface area contributed by atoms with E-state index in [1.165, 1.54) is 17.2 Å². The largest absolute Gasteiger partial charge is 0.363 e. The third-order valence-corrected chi connectivity index (χ3v) is 3.66. The van der Waals surface area contributed by atoms with Crippen LogP contribution >= 0.6 is 0 Å². The van der Waals surface area contributed by atoms with Gasteiger partial charge < -0.3 is 10.6 Å². The predicted octanol–water partition coefficient (Wildman–Crippen LogP) is 3.37. The van der Waals surface area contributed by atoms with Crippen molar-refractivity contribution in [2.45, 2.75) is 26.1 Å². The molecule has 98 valence electrons. The van der Waals surface area contributed by atoms with E-state index in [4.69, 9.17) is 5.73 Å². The van der Waals surface area contributed by atoms with Crippen LogP contribution in [0.4, 0.5) is 10.1 Å². The van der Waals surface area contributed by atoms with E-state index in [2.05, 4.69) is 29.2 Å². The lowest BCUT2D eigenvalue weighted by atomic mass is 10.1. The lowest BCUT2D eigenvalue weighted by Crippen LogP contribution is -2.19. The Morgan fingerprint density at radius 1 is 1.11 bits per heavy atom. The highest BCUT2D eigenvalue weighted by molar-refractivity contribution is 5.58. The molecule has 0 radical (unpaired) electrons. The Labute approximate surface area is 112 Å². The van der Waals surface area contributed by atoms with Crippen molar-refractivity contribution in [2.75, 3.05) is 4.90 Å². The predicted molar refractivity (Wildman–Crippen MR) is 75.3 cm³/mol. The normalized spacial score (nSPS) is 15.4. The first-order valence-electron chi connectivity index (χ1n) is 6.52. The number of hydrogen-bond acceptors (Lipinski definition) is 2. The van der Waals surface area contributed by atoms with Crippen LogP contribution in [0.3, 0.4) is 0 Å². The summed E-state index contributed by atoms with van der Waals surface area (Å²) in [5, 5.41) is 0. The van der Waals surface area contributed by atoms with Gasteiger partial charge in [0, 0.05) is 24.8 Å². The van der Waals surface area contributed by atoms with Crippen LogP contribution in [0.2, 0.25) is 0 Å². The molecule has 0 spiro atoms. The Morgan fingerprint density at radius 3 is 2.32 bits per heavy atom. The molecule has 1 atom stereocenters. The van der Waals surface area contributed by atoms with Gasteiger partial charge in [-0.2, -0.15) is 0 Å². The molecule has 0 fully saturated rings. The standard InChI is InChI=1S/C16H17FN2/c1-11(18)15-8-14(17)6-7-16(15)19-9-12-4-2-3-5-13(12)10-19/h2-8,11H,9-10,18H2,1H3/t11-/m1/s1. The van der Waals surface area contributed by atoms with Crippen molar-refractivity contribution < 1.29 is 4.39 Å². The Balaban J connectivity index is 1.97. The second-order valence-corrected chi connectivity index (χ2v) is 5.12. The van der Waals surface area contributed by atoms with Crippen molar-refractivity contribution in [2.24, 2.45) is 5.73 Å². The molecule has 0 saturated heterocycles. The van der Waals surface area contributed by atoms with Crippen LogP contribution in [0.5, 0.6) is 0 Å². The second kappa shape index (κ2) is 4.67. The summed E-state index contributed by atoms with van der Waals surface area (Å²) in [6, 6.07) is 13.1. The lowest BCUT2D eigenvalue weighted by molar-refractivity contribution is 0.621. The topological polar surface area (TPSA) is 29.3 Å². The zero-order chi connectivity index (χ0) is 13.4. The average Bonchev–Trinajstić information content (AvgIpc) is 2.82. The van der Waals surface area contributed by atoms with Gasteiger partial charge in [-0.3, -0.25) is 0 Å². The summed E-state index contributed by atoms with van der Waals surface area (Å²) in [4.78, 5) is 2.25. The van der Waals surface area contributed by atoms with Crippen molar-refractivity contribution in [3.8, 4) is 0 Å². The number of halogens is 1. The molecule has 3 rings (SSSR count). The molecule has 2 aromatic carbocycles. The van der Waals surface area contributed by atoms with E-state index in [9.17, 15) is 4.39 Å². The Hall–Kier alpha value is -1.87. The van der Waals surface area contributed by atoms with Crippen molar-refractivity contribution >= 4 is 5.69 Å². The fourth-order valence-corrected chi connectivity index (χ4v) is 2.68. The molecule has 2 N–H and O–H groups in total. The van der Waals surface area contributed by atoms with Gasteiger partial charge in [0.05, 0.1) is 0 Å². The van der Waals surface area contributed by atoms with Crippen LogP contribution in [0.15, 0.2) is 42.5 Å². The summed E-state index contributed by atoms with van der Waals surface area (Å²) in [5.74, 6) is -0.229. The minimum Gasteiger partial charge on any atom is -0.363 e. The van der Waals surface area contributed by atoms with Crippen molar-refractivity contribution in [3.63, 3.8) is 0 Å². The Morgan fingerprint density at radius 2 is 1.74 bits per heavy atom. The maximum atomic E-state index is 13.4. The van der Waals surface area contributed by atoms with Crippen LogP contribution in [-0.4, -0.2) is 0 Å². The highest BCUT2D eigenvalue weighted by Crippen LogP contribution is 2.33. The number of hydrogen-bond donors (Lipinski definition) is 1. The molecule has 0 aliphatic carbocycles. The molecular formula is C16H17FN2. The minimum absolute atomic E-state index is 0.172. The lowest BCUT2D eigenvalue weighted by Gasteiger charge is -2.23. The van der Waals surface area contributed by atoms with Crippen molar-refractivity contribution in [1.82, 2.24) is 0 Å². The number of rotatable bonds is 2. The Bertz CT molecular complexity index is 582. The third kappa shape index (κ3) is 2.22. The molecule has 19 heavy (non-hydrogen) atoms. The van der Waals surface area contributed by atoms with Gasteiger partial charge in [0.25, 0.3) is 0 Å². The van der Waals surface area contributed by atoms with E-state index in [0.717, 1.165) is 24.3 Å². The average molecular weight is 256 g/mol. The summed E-state index contributed by atoms with van der Waals surface area (Å²) in [6.45, 7) is 3.62. The Kier molecular flexibility index (Phi) is 2.99. The molecule has 2 aromatic rings. The van der Waals surface area contributed by atoms with Gasteiger partial charge in [-0.1, -0.05) is 24.3 Å². The van der Waals surface area contributed by atoms with E-state index < -0.39 is 0 Å². The van der Waals surface area contributed by atoms with Gasteiger partial charge >= 0.3 is 0 Å². The molecule has 3 heteroatoms. The number of nitrogens with two attached hydrogens (primary N) is 1. The van der Waals surface area contributed by atoms with Crippen LogP contribution in [-0.2, 0) is 13.1 Å². The molecule has 0 aromatic heterocycles. The van der Waals surface area contributed by atoms with Crippen molar-refractivity contribution in [1.29, 1.82) is 0 Å². The first kappa shape index (κ1) is 12.2. The fraction of sp³-hybridized carbons (Fsp3) is 0.250. The minimum atomic E-state index is -0.229. The highest BCUT2D eigenvalue weighted by Gasteiger charge is 2.21. The van der Waals surface area contributed by atoms with E-state index in [1.807, 2.05) is 13.0 Å². The molecule has 0 unspecified atom stereocenters. The fourth-order valence-electron chi connectivity index (χ4n) is 2.68. The maximum Gasteiger partial charge on any atom is 0.123 e. The molecule has 1 aliphatic heterocycles. The first-order chi connectivity index (χ1) is 9.15. The zero-order valence-corrected chi connectivity index (χ0v) is 10.9. The number of benzene rings is 2. The zero-order valence-electron chi connectivity index (χ0n) is 10.9. The SMILES string of the molecule is C[C@@H](N)c1cc(F)ccc1N1Cc2ccccc2C1. The van der Waals surface area contributed by atoms with E-state index in [-0.39, 0.29) is 11.9 Å². The van der Waals surface area contributed by atoms with Gasteiger partial charge in [0.1, 0.15) is 5.82 Å². The summed E-state index contributed by atoms with van der Waals surface area (Å²) in [5.41, 5.74) is 10.5. The summed E-state index contributed by atoms with van der Waals surface area (Å²) in [6.07, 6.45) is 0. The molecule has 0 saturated carbocycles. The molecule has 2 nitrogen and oxygen atoms in total. The van der Waals surface area contributed by atoms with Crippen LogP contribution in [0, 0.1) is 5.82 Å². The van der Waals surface area contributed by atoms with E-state index in [1.54, 1.807) is 6.07 Å². The quantitative estimate of drug-likeness (QED) is 0.892. The van der Waals surface area contributed by atoms with Gasteiger partial charge in [-0.15, -0.1) is 0 Å². The molecular weight excluding hydrogens is 239 g/mol. The summed E-state index contributed by atoms with van der Waals surface area (Å²) >= 11 is 0. The molecule has 1 aliphatic rings. The molecule has 0 amide bonds. The highest BCUT2D eigenvalue weighted by atomic mass is 19.1. The van der Waals surface area contributed by atoms with Gasteiger partial charge in [-0.25, -0.2) is 4.39 Å². The van der Waals surface area contributed by atoms with Crippen molar-refractivity contribution in [3.05, 3.63) is 65.0 Å². The molecule has 0 bridgehead atoms. The number of fused-ring (bicyclic) bond motifs is 1. The van der Waals surface area contributed by atoms with E-state index >= 15 is 0 Å². The first-order valence-corrected chi connectivity index (χ1v) is 6.52.